The van der Waals surface area contributed by atoms with Crippen LogP contribution < -0.4 is 5.32 Å². The lowest BCUT2D eigenvalue weighted by Gasteiger charge is -2.36. The van der Waals surface area contributed by atoms with Crippen LogP contribution in [-0.2, 0) is 22.4 Å². The number of nitrogens with one attached hydrogen (secondary N) is 1. The summed E-state index contributed by atoms with van der Waals surface area (Å²) in [5, 5.41) is 3.04. The van der Waals surface area contributed by atoms with Gasteiger partial charge in [0.1, 0.15) is 0 Å². The smallest absolute Gasteiger partial charge is 0.238 e. The third-order valence-electron chi connectivity index (χ3n) is 6.94. The number of amides is 2. The minimum atomic E-state index is -0.0132. The molecule has 1 aliphatic heterocycles. The molecule has 1 unspecified atom stereocenters. The van der Waals surface area contributed by atoms with Crippen LogP contribution in [0.5, 0.6) is 0 Å². The molecule has 178 valence electrons. The summed E-state index contributed by atoms with van der Waals surface area (Å²) in [5.74, 6) is 2.84. The van der Waals surface area contributed by atoms with Gasteiger partial charge in [-0.1, -0.05) is 55.3 Å². The third-order valence-corrected chi connectivity index (χ3v) is 6.94. The number of nitrogens with zero attached hydrogens (tertiary/aromatic N) is 3. The molecule has 0 saturated carbocycles. The number of piperazine rings is 1. The van der Waals surface area contributed by atoms with Gasteiger partial charge in [0.15, 0.2) is 0 Å². The number of fused-ring (bicyclic) bond motifs is 1. The fourth-order valence-corrected chi connectivity index (χ4v) is 5.08. The maximum absolute atomic E-state index is 13.1. The van der Waals surface area contributed by atoms with E-state index < -0.39 is 0 Å². The van der Waals surface area contributed by atoms with Gasteiger partial charge in [-0.3, -0.25) is 19.4 Å². The van der Waals surface area contributed by atoms with Crippen molar-refractivity contribution in [3.63, 3.8) is 0 Å². The van der Waals surface area contributed by atoms with Gasteiger partial charge in [-0.05, 0) is 42.0 Å². The van der Waals surface area contributed by atoms with E-state index in [1.165, 1.54) is 11.1 Å². The zero-order valence-corrected chi connectivity index (χ0v) is 20.0. The zero-order valence-electron chi connectivity index (χ0n) is 20.0. The van der Waals surface area contributed by atoms with Crippen LogP contribution in [-0.4, -0.2) is 72.3 Å². The van der Waals surface area contributed by atoms with Gasteiger partial charge < -0.3 is 10.2 Å². The molecule has 4 rings (SSSR count). The van der Waals surface area contributed by atoms with Crippen molar-refractivity contribution in [2.45, 2.75) is 32.2 Å². The second-order valence-electron chi connectivity index (χ2n) is 9.08. The number of hydrogen-bond donors (Lipinski definition) is 1. The van der Waals surface area contributed by atoms with Crippen molar-refractivity contribution in [3.8, 4) is 12.3 Å². The predicted molar refractivity (Wildman–Crippen MR) is 135 cm³/mol. The number of benzene rings is 2. The number of terminal acetylenes is 1. The average molecular weight is 459 g/mol. The Hall–Kier alpha value is -3.14. The summed E-state index contributed by atoms with van der Waals surface area (Å²) in [5.41, 5.74) is 4.67. The number of para-hydroxylation sites is 1. The van der Waals surface area contributed by atoms with Crippen LogP contribution in [0.15, 0.2) is 48.5 Å². The molecule has 2 amide bonds. The normalized spacial score (nSPS) is 17.9. The van der Waals surface area contributed by atoms with Crippen molar-refractivity contribution in [2.24, 2.45) is 0 Å². The Kier molecular flexibility index (Phi) is 7.99. The highest BCUT2D eigenvalue weighted by Gasteiger charge is 2.30. The van der Waals surface area contributed by atoms with Gasteiger partial charge >= 0.3 is 0 Å². The standard InChI is InChI=1S/C28H34N4O2/c1-3-15-32(26-14-13-23-10-5-7-11-24(23)26)21-28(34)31-18-16-30(17-19-31)20-27(33)29-25-12-8-6-9-22(25)4-2/h1,5-12,26H,4,13-21H2,2H3,(H,29,33). The van der Waals surface area contributed by atoms with Crippen LogP contribution >= 0.6 is 0 Å². The molecule has 34 heavy (non-hydrogen) atoms. The molecule has 1 atom stereocenters. The second kappa shape index (κ2) is 11.3. The van der Waals surface area contributed by atoms with Gasteiger partial charge in [0.25, 0.3) is 0 Å². The Labute approximate surface area is 202 Å². The average Bonchev–Trinajstić information content (AvgIpc) is 3.28. The Morgan fingerprint density at radius 2 is 1.82 bits per heavy atom. The third kappa shape index (κ3) is 5.67. The molecule has 2 aromatic carbocycles. The first-order chi connectivity index (χ1) is 16.6. The molecule has 0 bridgehead atoms. The van der Waals surface area contributed by atoms with Crippen molar-refractivity contribution in [2.75, 3.05) is 51.1 Å². The Bertz CT molecular complexity index is 1050. The molecule has 6 heteroatoms. The van der Waals surface area contributed by atoms with E-state index in [1.54, 1.807) is 0 Å². The van der Waals surface area contributed by atoms with Gasteiger partial charge in [0, 0.05) is 37.9 Å². The molecule has 1 N–H and O–H groups in total. The van der Waals surface area contributed by atoms with E-state index >= 15 is 0 Å². The summed E-state index contributed by atoms with van der Waals surface area (Å²) in [6.07, 6.45) is 8.55. The van der Waals surface area contributed by atoms with Gasteiger partial charge in [-0.2, -0.15) is 0 Å². The fourth-order valence-electron chi connectivity index (χ4n) is 5.08. The zero-order chi connectivity index (χ0) is 23.9. The molecule has 1 aliphatic carbocycles. The molecule has 1 saturated heterocycles. The van der Waals surface area contributed by atoms with Crippen molar-refractivity contribution in [3.05, 3.63) is 65.2 Å². The molecular formula is C28H34N4O2. The van der Waals surface area contributed by atoms with Crippen LogP contribution in [0.3, 0.4) is 0 Å². The summed E-state index contributed by atoms with van der Waals surface area (Å²) in [4.78, 5) is 31.8. The molecular weight excluding hydrogens is 424 g/mol. The van der Waals surface area contributed by atoms with Crippen LogP contribution in [0, 0.1) is 12.3 Å². The maximum Gasteiger partial charge on any atom is 0.238 e. The van der Waals surface area contributed by atoms with E-state index in [0.29, 0.717) is 45.8 Å². The lowest BCUT2D eigenvalue weighted by atomic mass is 10.1. The van der Waals surface area contributed by atoms with Crippen molar-refractivity contribution >= 4 is 17.5 Å². The summed E-state index contributed by atoms with van der Waals surface area (Å²) < 4.78 is 0. The monoisotopic (exact) mass is 458 g/mol. The van der Waals surface area contributed by atoms with E-state index in [9.17, 15) is 9.59 Å². The summed E-state index contributed by atoms with van der Waals surface area (Å²) >= 11 is 0. The quantitative estimate of drug-likeness (QED) is 0.618. The molecule has 1 heterocycles. The lowest BCUT2D eigenvalue weighted by Crippen LogP contribution is -2.52. The molecule has 2 aromatic rings. The first kappa shape index (κ1) is 24.0. The summed E-state index contributed by atoms with van der Waals surface area (Å²) in [6, 6.07) is 16.6. The topological polar surface area (TPSA) is 55.9 Å². The van der Waals surface area contributed by atoms with Crippen molar-refractivity contribution in [1.29, 1.82) is 0 Å². The number of hydrogen-bond acceptors (Lipinski definition) is 4. The molecule has 0 aromatic heterocycles. The van der Waals surface area contributed by atoms with E-state index in [-0.39, 0.29) is 17.9 Å². The summed E-state index contributed by atoms with van der Waals surface area (Å²) in [6.45, 7) is 5.85. The van der Waals surface area contributed by atoms with Gasteiger partial charge in [0.05, 0.1) is 19.6 Å². The first-order valence-electron chi connectivity index (χ1n) is 12.2. The molecule has 1 fully saturated rings. The van der Waals surface area contributed by atoms with Crippen LogP contribution in [0.2, 0.25) is 0 Å². The first-order valence-corrected chi connectivity index (χ1v) is 12.2. The van der Waals surface area contributed by atoms with Gasteiger partial charge in [-0.15, -0.1) is 6.42 Å². The molecule has 2 aliphatic rings. The predicted octanol–water partition coefficient (Wildman–Crippen LogP) is 2.95. The van der Waals surface area contributed by atoms with E-state index in [0.717, 1.165) is 30.5 Å². The lowest BCUT2D eigenvalue weighted by molar-refractivity contribution is -0.134. The Balaban J connectivity index is 1.27. The van der Waals surface area contributed by atoms with E-state index in [4.69, 9.17) is 6.42 Å². The van der Waals surface area contributed by atoms with Crippen molar-refractivity contribution in [1.82, 2.24) is 14.7 Å². The highest BCUT2D eigenvalue weighted by Crippen LogP contribution is 2.35. The second-order valence-corrected chi connectivity index (χ2v) is 9.08. The Morgan fingerprint density at radius 1 is 1.09 bits per heavy atom. The van der Waals surface area contributed by atoms with Crippen LogP contribution in [0.4, 0.5) is 5.69 Å². The molecule has 0 spiro atoms. The number of rotatable bonds is 8. The van der Waals surface area contributed by atoms with Gasteiger partial charge in [0.2, 0.25) is 11.8 Å². The minimum Gasteiger partial charge on any atom is -0.339 e. The van der Waals surface area contributed by atoms with E-state index in [2.05, 4.69) is 52.2 Å². The number of carbonyl (C=O) groups is 2. The van der Waals surface area contributed by atoms with E-state index in [1.807, 2.05) is 29.2 Å². The summed E-state index contributed by atoms with van der Waals surface area (Å²) in [7, 11) is 0. The molecule has 6 nitrogen and oxygen atoms in total. The fraction of sp³-hybridized carbons (Fsp3) is 0.429. The minimum absolute atomic E-state index is 0.0132. The number of aryl methyl sites for hydroxylation is 2. The Morgan fingerprint density at radius 3 is 2.59 bits per heavy atom. The van der Waals surface area contributed by atoms with Gasteiger partial charge in [-0.25, -0.2) is 0 Å². The molecule has 0 radical (unpaired) electrons. The maximum atomic E-state index is 13.1. The highest BCUT2D eigenvalue weighted by molar-refractivity contribution is 5.93. The largest absolute Gasteiger partial charge is 0.339 e. The van der Waals surface area contributed by atoms with Crippen molar-refractivity contribution < 1.29 is 9.59 Å². The highest BCUT2D eigenvalue weighted by atomic mass is 16.2. The van der Waals surface area contributed by atoms with Crippen LogP contribution in [0.25, 0.3) is 0 Å². The number of anilines is 1. The van der Waals surface area contributed by atoms with Crippen LogP contribution in [0.1, 0.15) is 36.1 Å². The SMILES string of the molecule is C#CCN(CC(=O)N1CCN(CC(=O)Nc2ccccc2CC)CC1)C1CCc2ccccc21. The number of carbonyl (C=O) groups excluding carboxylic acids is 2.